The first-order chi connectivity index (χ1) is 8.68. The molecule has 0 saturated carbocycles. The second kappa shape index (κ2) is 4.72. The summed E-state index contributed by atoms with van der Waals surface area (Å²) in [6.45, 7) is 1.85. The molecule has 0 radical (unpaired) electrons. The Hall–Kier alpha value is -1.21. The Kier molecular flexibility index (Phi) is 3.53. The summed E-state index contributed by atoms with van der Waals surface area (Å²) in [6, 6.07) is 5.61. The Morgan fingerprint density at radius 3 is 2.47 bits per heavy atom. The van der Waals surface area contributed by atoms with Gasteiger partial charge in [0.1, 0.15) is 0 Å². The maximum Gasteiger partial charge on any atom is 0.446 e. The smallest absolute Gasteiger partial charge is 0.386 e. The van der Waals surface area contributed by atoms with Crippen LogP contribution < -0.4 is 0 Å². The summed E-state index contributed by atoms with van der Waals surface area (Å²) in [7, 11) is 0. The number of carbonyl (C=O) groups excluding carboxylic acids is 1. The molecule has 104 valence electrons. The number of nitrogens with zero attached hydrogens (tertiary/aromatic N) is 1. The predicted molar refractivity (Wildman–Crippen MR) is 64.9 cm³/mol. The molecule has 1 aromatic rings. The van der Waals surface area contributed by atoms with E-state index in [1.54, 1.807) is 6.92 Å². The summed E-state index contributed by atoms with van der Waals surface area (Å²) in [5, 5.41) is 9.56. The molecule has 3 nitrogen and oxygen atoms in total. The second-order valence-electron chi connectivity index (χ2n) is 4.70. The Bertz CT molecular complexity index is 494. The number of hydrogen-bond donors (Lipinski definition) is 1. The number of hydrogen-bond acceptors (Lipinski definition) is 3. The monoisotopic (exact) mass is 291 g/mol. The van der Waals surface area contributed by atoms with Crippen LogP contribution in [0.5, 0.6) is 0 Å². The molecule has 1 amide bonds. The van der Waals surface area contributed by atoms with Crippen LogP contribution in [0.3, 0.4) is 0 Å². The fraction of sp³-hybridized carbons (Fsp3) is 0.417. The Labute approximate surface area is 112 Å². The first-order valence-electron chi connectivity index (χ1n) is 5.54. The SMILES string of the molecule is CC1(O)CN(C(=O)c2ccccc2SC(F)(F)F)C1. The minimum absolute atomic E-state index is 0.0142. The van der Waals surface area contributed by atoms with Gasteiger partial charge in [-0.2, -0.15) is 13.2 Å². The van der Waals surface area contributed by atoms with Crippen LogP contribution in [0.15, 0.2) is 29.2 Å². The van der Waals surface area contributed by atoms with E-state index in [4.69, 9.17) is 0 Å². The molecule has 0 atom stereocenters. The van der Waals surface area contributed by atoms with Crippen LogP contribution >= 0.6 is 11.8 Å². The minimum Gasteiger partial charge on any atom is -0.386 e. The van der Waals surface area contributed by atoms with Crippen LogP contribution in [0.1, 0.15) is 17.3 Å². The highest BCUT2D eigenvalue weighted by atomic mass is 32.2. The quantitative estimate of drug-likeness (QED) is 0.851. The zero-order valence-electron chi connectivity index (χ0n) is 10.1. The van der Waals surface area contributed by atoms with E-state index in [-0.39, 0.29) is 35.3 Å². The number of benzene rings is 1. The van der Waals surface area contributed by atoms with E-state index in [9.17, 15) is 23.1 Å². The lowest BCUT2D eigenvalue weighted by Crippen LogP contribution is -2.61. The first kappa shape index (κ1) is 14.2. The van der Waals surface area contributed by atoms with Gasteiger partial charge in [0.2, 0.25) is 0 Å². The fourth-order valence-corrected chi connectivity index (χ4v) is 2.61. The first-order valence-corrected chi connectivity index (χ1v) is 6.36. The number of rotatable bonds is 2. The lowest BCUT2D eigenvalue weighted by molar-refractivity contribution is -0.0670. The number of amides is 1. The van der Waals surface area contributed by atoms with Gasteiger partial charge in [0, 0.05) is 4.90 Å². The van der Waals surface area contributed by atoms with E-state index in [1.807, 2.05) is 0 Å². The molecule has 1 aliphatic rings. The normalized spacial score (nSPS) is 18.1. The molecule has 0 aliphatic carbocycles. The van der Waals surface area contributed by atoms with Crippen molar-refractivity contribution in [1.82, 2.24) is 4.90 Å². The van der Waals surface area contributed by atoms with E-state index in [0.29, 0.717) is 0 Å². The Morgan fingerprint density at radius 1 is 1.37 bits per heavy atom. The van der Waals surface area contributed by atoms with E-state index in [0.717, 1.165) is 0 Å². The van der Waals surface area contributed by atoms with Crippen LogP contribution in [-0.4, -0.2) is 40.1 Å². The fourth-order valence-electron chi connectivity index (χ4n) is 1.95. The van der Waals surface area contributed by atoms with Gasteiger partial charge in [-0.15, -0.1) is 0 Å². The van der Waals surface area contributed by atoms with Crippen LogP contribution in [0, 0.1) is 0 Å². The van der Waals surface area contributed by atoms with Crippen LogP contribution in [-0.2, 0) is 0 Å². The molecular formula is C12H12F3NO2S. The van der Waals surface area contributed by atoms with Crippen molar-refractivity contribution in [2.45, 2.75) is 22.9 Å². The summed E-state index contributed by atoms with van der Waals surface area (Å²) >= 11 is -0.302. The van der Waals surface area contributed by atoms with Gasteiger partial charge in [0.15, 0.2) is 0 Å². The summed E-state index contributed by atoms with van der Waals surface area (Å²) in [4.78, 5) is 13.3. The molecule has 0 aromatic heterocycles. The highest BCUT2D eigenvalue weighted by Crippen LogP contribution is 2.39. The molecule has 19 heavy (non-hydrogen) atoms. The number of likely N-dealkylation sites (tertiary alicyclic amines) is 1. The second-order valence-corrected chi connectivity index (χ2v) is 5.81. The number of β-amino-alcohol motifs (C(OH)–C–C–N with tert-alkyl or cyclic N) is 1. The third kappa shape index (κ3) is 3.42. The molecular weight excluding hydrogens is 279 g/mol. The number of aliphatic hydroxyl groups is 1. The van der Waals surface area contributed by atoms with E-state index >= 15 is 0 Å². The van der Waals surface area contributed by atoms with E-state index in [2.05, 4.69) is 0 Å². The van der Waals surface area contributed by atoms with Gasteiger partial charge in [-0.05, 0) is 30.8 Å². The predicted octanol–water partition coefficient (Wildman–Crippen LogP) is 2.51. The average molecular weight is 291 g/mol. The molecule has 1 fully saturated rings. The van der Waals surface area contributed by atoms with Gasteiger partial charge in [0.05, 0.1) is 24.3 Å². The summed E-state index contributed by atoms with van der Waals surface area (Å²) in [5.41, 5.74) is -5.36. The molecule has 0 unspecified atom stereocenters. The molecule has 1 heterocycles. The minimum atomic E-state index is -4.43. The zero-order chi connectivity index (χ0) is 14.3. The maximum atomic E-state index is 12.4. The molecule has 7 heteroatoms. The van der Waals surface area contributed by atoms with Crippen molar-refractivity contribution >= 4 is 17.7 Å². The zero-order valence-corrected chi connectivity index (χ0v) is 10.9. The number of carbonyl (C=O) groups is 1. The van der Waals surface area contributed by atoms with Crippen molar-refractivity contribution in [1.29, 1.82) is 0 Å². The molecule has 0 bridgehead atoms. The van der Waals surface area contributed by atoms with Gasteiger partial charge in [0.25, 0.3) is 5.91 Å². The summed E-state index contributed by atoms with van der Waals surface area (Å²) in [6.07, 6.45) is 0. The van der Waals surface area contributed by atoms with Gasteiger partial charge < -0.3 is 10.0 Å². The van der Waals surface area contributed by atoms with Crippen molar-refractivity contribution in [3.8, 4) is 0 Å². The topological polar surface area (TPSA) is 40.5 Å². The van der Waals surface area contributed by atoms with Crippen LogP contribution in [0.4, 0.5) is 13.2 Å². The van der Waals surface area contributed by atoms with Crippen molar-refractivity contribution < 1.29 is 23.1 Å². The van der Waals surface area contributed by atoms with Gasteiger partial charge in [-0.3, -0.25) is 4.79 Å². The van der Waals surface area contributed by atoms with E-state index < -0.39 is 17.0 Å². The third-order valence-corrected chi connectivity index (χ3v) is 3.50. The van der Waals surface area contributed by atoms with Crippen molar-refractivity contribution in [3.05, 3.63) is 29.8 Å². The molecule has 1 aromatic carbocycles. The van der Waals surface area contributed by atoms with Gasteiger partial charge >= 0.3 is 5.51 Å². The number of alkyl halides is 3. The lowest BCUT2D eigenvalue weighted by Gasteiger charge is -2.44. The highest BCUT2D eigenvalue weighted by Gasteiger charge is 2.40. The molecule has 1 saturated heterocycles. The molecule has 1 N–H and O–H groups in total. The molecule has 0 spiro atoms. The molecule has 1 aliphatic heterocycles. The number of halogens is 3. The van der Waals surface area contributed by atoms with E-state index in [1.165, 1.54) is 29.2 Å². The van der Waals surface area contributed by atoms with Crippen molar-refractivity contribution in [3.63, 3.8) is 0 Å². The lowest BCUT2D eigenvalue weighted by atomic mass is 9.96. The van der Waals surface area contributed by atoms with Crippen molar-refractivity contribution in [2.24, 2.45) is 0 Å². The Balaban J connectivity index is 2.18. The third-order valence-electron chi connectivity index (χ3n) is 2.69. The summed E-state index contributed by atoms with van der Waals surface area (Å²) < 4.78 is 37.2. The van der Waals surface area contributed by atoms with Gasteiger partial charge in [-0.1, -0.05) is 12.1 Å². The summed E-state index contributed by atoms with van der Waals surface area (Å²) in [5.74, 6) is -0.487. The standard InChI is InChI=1S/C12H12F3NO2S/c1-11(18)6-16(7-11)10(17)8-4-2-3-5-9(8)19-12(13,14)15/h2-5,18H,6-7H2,1H3. The number of thioether (sulfide) groups is 1. The van der Waals surface area contributed by atoms with Crippen LogP contribution in [0.2, 0.25) is 0 Å². The maximum absolute atomic E-state index is 12.4. The largest absolute Gasteiger partial charge is 0.446 e. The highest BCUT2D eigenvalue weighted by molar-refractivity contribution is 8.00. The average Bonchev–Trinajstić information content (AvgIpc) is 2.23. The molecule has 2 rings (SSSR count). The Morgan fingerprint density at radius 2 is 1.95 bits per heavy atom. The van der Waals surface area contributed by atoms with Gasteiger partial charge in [-0.25, -0.2) is 0 Å². The van der Waals surface area contributed by atoms with Crippen LogP contribution in [0.25, 0.3) is 0 Å². The van der Waals surface area contributed by atoms with Crippen molar-refractivity contribution in [2.75, 3.05) is 13.1 Å².